The number of hydrogen-bond acceptors (Lipinski definition) is 7. The Kier molecular flexibility index (Phi) is 7.56. The van der Waals surface area contributed by atoms with E-state index in [9.17, 15) is 29.5 Å². The van der Waals surface area contributed by atoms with Crippen LogP contribution in [0, 0.1) is 29.5 Å². The second-order valence-corrected chi connectivity index (χ2v) is 13.7. The number of rotatable bonds is 5. The summed E-state index contributed by atoms with van der Waals surface area (Å²) in [5.74, 6) is -8.39. The lowest BCUT2D eigenvalue weighted by Gasteiger charge is -2.50. The molecule has 2 aliphatic carbocycles. The van der Waals surface area contributed by atoms with Crippen LogP contribution < -0.4 is 15.3 Å². The molecule has 4 aromatic carbocycles. The summed E-state index contributed by atoms with van der Waals surface area (Å²) in [7, 11) is -1.82. The molecular weight excluding hydrogens is 662 g/mol. The van der Waals surface area contributed by atoms with Gasteiger partial charge in [-0.3, -0.25) is 24.1 Å². The van der Waals surface area contributed by atoms with Crippen LogP contribution in [0.15, 0.2) is 109 Å². The van der Waals surface area contributed by atoms with Crippen LogP contribution in [0.1, 0.15) is 29.9 Å². The van der Waals surface area contributed by atoms with E-state index >= 15 is 9.18 Å². The number of benzene rings is 4. The molecule has 0 radical (unpaired) electrons. The minimum atomic E-state index is -1.82. The van der Waals surface area contributed by atoms with Gasteiger partial charge in [-0.25, -0.2) is 9.29 Å². The summed E-state index contributed by atoms with van der Waals surface area (Å²) >= 11 is 6.33. The fraction of sp³-hybridized carbons (Fsp3) is 0.211. The highest BCUT2D eigenvalue weighted by Gasteiger charge is 2.70. The summed E-state index contributed by atoms with van der Waals surface area (Å²) in [6.45, 7) is 0. The van der Waals surface area contributed by atoms with Gasteiger partial charge < -0.3 is 15.2 Å². The van der Waals surface area contributed by atoms with Crippen molar-refractivity contribution in [3.63, 3.8) is 0 Å². The van der Waals surface area contributed by atoms with Crippen LogP contribution in [0.25, 0.3) is 0 Å². The molecule has 6 unspecified atom stereocenters. The number of carbonyl (C=O) groups excluding carboxylic acids is 4. The first-order valence-corrected chi connectivity index (χ1v) is 16.6. The third-order valence-electron chi connectivity index (χ3n) is 10.9. The van der Waals surface area contributed by atoms with Crippen molar-refractivity contribution in [3.05, 3.63) is 131 Å². The number of amides is 4. The molecule has 4 aliphatic rings. The van der Waals surface area contributed by atoms with E-state index < -0.39 is 77.3 Å². The van der Waals surface area contributed by atoms with E-state index in [1.807, 2.05) is 6.08 Å². The smallest absolute Gasteiger partial charge is 0.488 e. The average molecular weight is 691 g/mol. The SMILES string of the molecule is O=C1C2CC=C3C(CC4C(=O)N(c5cccc(Cl)c5)C(=O)C4(c4ccccc4)C3c3cccc(F)c3O)C2C(=O)N1c1cccc(B(O)O)c1. The second-order valence-electron chi connectivity index (χ2n) is 13.3. The number of allylic oxidation sites excluding steroid dienone is 2. The molecule has 0 bridgehead atoms. The quantitative estimate of drug-likeness (QED) is 0.162. The standard InChI is InChI=1S/C38H29BClFN2O7/c40-22-10-5-12-24(18-22)43-35(46)29-19-28-25(15-16-26-31(28)36(47)42(34(26)45)23-11-4-9-21(17-23)39(49)50)32(27-13-6-14-30(41)33(27)44)38(29,37(43)48)20-7-2-1-3-8-20/h1-15,17-18,26,28-29,31-32,44,49-50H,16,19H2. The molecular formula is C38H29BClFN2O7. The Morgan fingerprint density at radius 3 is 2.20 bits per heavy atom. The predicted octanol–water partition coefficient (Wildman–Crippen LogP) is 4.23. The zero-order valence-corrected chi connectivity index (χ0v) is 27.1. The van der Waals surface area contributed by atoms with Gasteiger partial charge in [-0.15, -0.1) is 0 Å². The first kappa shape index (κ1) is 32.1. The first-order chi connectivity index (χ1) is 24.0. The van der Waals surface area contributed by atoms with Gasteiger partial charge in [0.05, 0.1) is 34.5 Å². The number of phenols is 1. The van der Waals surface area contributed by atoms with Gasteiger partial charge in [-0.1, -0.05) is 83.9 Å². The van der Waals surface area contributed by atoms with Crippen molar-refractivity contribution >= 4 is 59.2 Å². The van der Waals surface area contributed by atoms with Gasteiger partial charge in [0.1, 0.15) is 0 Å². The zero-order chi connectivity index (χ0) is 35.1. The Morgan fingerprint density at radius 1 is 0.780 bits per heavy atom. The van der Waals surface area contributed by atoms with E-state index in [-0.39, 0.29) is 35.2 Å². The Labute approximate surface area is 291 Å². The molecule has 12 heteroatoms. The minimum absolute atomic E-state index is 0.0123. The fourth-order valence-electron chi connectivity index (χ4n) is 8.93. The number of phenolic OH excluding ortho intramolecular Hbond substituents is 1. The van der Waals surface area contributed by atoms with Crippen LogP contribution in [0.3, 0.4) is 0 Å². The van der Waals surface area contributed by atoms with Gasteiger partial charge >= 0.3 is 7.12 Å². The largest absolute Gasteiger partial charge is 0.505 e. The third kappa shape index (κ3) is 4.46. The highest BCUT2D eigenvalue weighted by molar-refractivity contribution is 6.58. The molecule has 1 saturated carbocycles. The lowest BCUT2D eigenvalue weighted by atomic mass is 9.49. The molecule has 2 heterocycles. The summed E-state index contributed by atoms with van der Waals surface area (Å²) < 4.78 is 15.3. The van der Waals surface area contributed by atoms with Gasteiger partial charge in [0.15, 0.2) is 11.6 Å². The number of nitrogens with zero attached hydrogens (tertiary/aromatic N) is 2. The maximum absolute atomic E-state index is 15.3. The average Bonchev–Trinajstić information content (AvgIpc) is 3.50. The zero-order valence-electron chi connectivity index (χ0n) is 26.3. The van der Waals surface area contributed by atoms with Crippen molar-refractivity contribution < 1.29 is 38.7 Å². The highest BCUT2D eigenvalue weighted by Crippen LogP contribution is 2.65. The molecule has 0 aromatic heterocycles. The second kappa shape index (κ2) is 11.8. The van der Waals surface area contributed by atoms with E-state index in [2.05, 4.69) is 0 Å². The molecule has 4 aromatic rings. The van der Waals surface area contributed by atoms with Crippen LogP contribution in [0.5, 0.6) is 5.75 Å². The van der Waals surface area contributed by atoms with E-state index in [0.29, 0.717) is 16.2 Å². The third-order valence-corrected chi connectivity index (χ3v) is 11.2. The van der Waals surface area contributed by atoms with E-state index in [1.54, 1.807) is 48.5 Å². The van der Waals surface area contributed by atoms with Gasteiger partial charge in [-0.2, -0.15) is 0 Å². The van der Waals surface area contributed by atoms with Crippen molar-refractivity contribution in [2.24, 2.45) is 23.7 Å². The van der Waals surface area contributed by atoms with Crippen LogP contribution in [0.4, 0.5) is 15.8 Å². The molecule has 8 rings (SSSR count). The van der Waals surface area contributed by atoms with Crippen LogP contribution in [-0.4, -0.2) is 45.9 Å². The van der Waals surface area contributed by atoms with Crippen molar-refractivity contribution in [1.29, 1.82) is 0 Å². The molecule has 250 valence electrons. The number of fused-ring (bicyclic) bond motifs is 4. The molecule has 4 amide bonds. The Morgan fingerprint density at radius 2 is 1.48 bits per heavy atom. The summed E-state index contributed by atoms with van der Waals surface area (Å²) in [4.78, 5) is 60.5. The highest BCUT2D eigenvalue weighted by atomic mass is 35.5. The Balaban J connectivity index is 1.35. The Hall–Kier alpha value is -5.10. The first-order valence-electron chi connectivity index (χ1n) is 16.3. The topological polar surface area (TPSA) is 135 Å². The molecule has 3 N–H and O–H groups in total. The molecule has 2 aliphatic heterocycles. The number of imide groups is 2. The minimum Gasteiger partial charge on any atom is -0.505 e. The van der Waals surface area contributed by atoms with Crippen molar-refractivity contribution in [3.8, 4) is 5.75 Å². The summed E-state index contributed by atoms with van der Waals surface area (Å²) in [5.41, 5.74) is -0.0202. The van der Waals surface area contributed by atoms with E-state index in [0.717, 1.165) is 15.9 Å². The summed E-state index contributed by atoms with van der Waals surface area (Å²) in [5, 5.41) is 31.2. The van der Waals surface area contributed by atoms with Crippen LogP contribution in [-0.2, 0) is 24.6 Å². The van der Waals surface area contributed by atoms with Gasteiger partial charge in [0.2, 0.25) is 23.6 Å². The number of halogens is 2. The molecule has 50 heavy (non-hydrogen) atoms. The lowest BCUT2D eigenvalue weighted by molar-refractivity contribution is -0.127. The number of anilines is 2. The molecule has 0 spiro atoms. The number of para-hydroxylation sites is 1. The maximum atomic E-state index is 15.3. The number of hydrogen-bond donors (Lipinski definition) is 3. The van der Waals surface area contributed by atoms with E-state index in [1.165, 1.54) is 42.5 Å². The fourth-order valence-corrected chi connectivity index (χ4v) is 9.12. The van der Waals surface area contributed by atoms with Crippen LogP contribution in [0.2, 0.25) is 5.02 Å². The molecule has 9 nitrogen and oxygen atoms in total. The molecule has 2 saturated heterocycles. The van der Waals surface area contributed by atoms with Crippen molar-refractivity contribution in [1.82, 2.24) is 0 Å². The van der Waals surface area contributed by atoms with Crippen molar-refractivity contribution in [2.45, 2.75) is 24.2 Å². The maximum Gasteiger partial charge on any atom is 0.488 e. The van der Waals surface area contributed by atoms with E-state index in [4.69, 9.17) is 11.6 Å². The molecule has 6 atom stereocenters. The number of aromatic hydroxyl groups is 1. The molecule has 3 fully saturated rings. The Bertz CT molecular complexity index is 2140. The predicted molar refractivity (Wildman–Crippen MR) is 183 cm³/mol. The lowest BCUT2D eigenvalue weighted by Crippen LogP contribution is -2.53. The van der Waals surface area contributed by atoms with Gasteiger partial charge in [-0.05, 0) is 66.2 Å². The normalized spacial score (nSPS) is 27.2. The van der Waals surface area contributed by atoms with Gasteiger partial charge in [0.25, 0.3) is 0 Å². The summed E-state index contributed by atoms with van der Waals surface area (Å²) in [6.07, 6.45) is 1.94. The monoisotopic (exact) mass is 690 g/mol. The van der Waals surface area contributed by atoms with Crippen LogP contribution >= 0.6 is 11.6 Å². The van der Waals surface area contributed by atoms with Gasteiger partial charge in [0, 0.05) is 16.5 Å². The summed E-state index contributed by atoms with van der Waals surface area (Å²) in [6, 6.07) is 25.0. The number of carbonyl (C=O) groups is 4. The van der Waals surface area contributed by atoms with Crippen molar-refractivity contribution in [2.75, 3.05) is 9.80 Å².